The van der Waals surface area contributed by atoms with Crippen molar-refractivity contribution >= 4 is 5.78 Å². The fraction of sp³-hybridized carbons (Fsp3) is 0.462. The van der Waals surface area contributed by atoms with Crippen molar-refractivity contribution in [1.29, 1.82) is 0 Å². The lowest BCUT2D eigenvalue weighted by Crippen LogP contribution is -1.98. The molecule has 14 heavy (non-hydrogen) atoms. The van der Waals surface area contributed by atoms with Gasteiger partial charge in [0.15, 0.2) is 0 Å². The van der Waals surface area contributed by atoms with Gasteiger partial charge in [0.05, 0.1) is 0 Å². The minimum absolute atomic E-state index is 0.427. The summed E-state index contributed by atoms with van der Waals surface area (Å²) in [6.07, 6.45) is 2.57. The predicted octanol–water partition coefficient (Wildman–Crippen LogP) is 3.14. The van der Waals surface area contributed by atoms with Crippen molar-refractivity contribution in [2.75, 3.05) is 0 Å². The molecule has 1 fully saturated rings. The molecule has 1 aliphatic carbocycles. The molecular formula is C13H16O. The summed E-state index contributed by atoms with van der Waals surface area (Å²) in [5.41, 5.74) is 4.09. The van der Waals surface area contributed by atoms with Crippen molar-refractivity contribution < 1.29 is 4.79 Å². The van der Waals surface area contributed by atoms with Crippen LogP contribution in [0.4, 0.5) is 0 Å². The molecule has 1 aliphatic rings. The maximum absolute atomic E-state index is 11.2. The van der Waals surface area contributed by atoms with Gasteiger partial charge in [0.1, 0.15) is 5.78 Å². The van der Waals surface area contributed by atoms with E-state index >= 15 is 0 Å². The van der Waals surface area contributed by atoms with Crippen molar-refractivity contribution in [3.05, 3.63) is 34.9 Å². The van der Waals surface area contributed by atoms with Gasteiger partial charge < -0.3 is 0 Å². The second-order valence-corrected chi connectivity index (χ2v) is 4.27. The number of benzene rings is 1. The zero-order valence-electron chi connectivity index (χ0n) is 8.84. The number of carbonyl (C=O) groups excluding carboxylic acids is 1. The average Bonchev–Trinajstić information content (AvgIpc) is 2.57. The molecule has 1 saturated carbocycles. The van der Waals surface area contributed by atoms with E-state index in [1.165, 1.54) is 16.7 Å². The van der Waals surface area contributed by atoms with E-state index in [4.69, 9.17) is 0 Å². The molecule has 1 nitrogen and oxygen atoms in total. The van der Waals surface area contributed by atoms with Crippen molar-refractivity contribution in [3.63, 3.8) is 0 Å². The average molecular weight is 188 g/mol. The Morgan fingerprint density at radius 2 is 2.07 bits per heavy atom. The fourth-order valence-electron chi connectivity index (χ4n) is 2.30. The standard InChI is InChI=1S/C13H16O/c1-9-4-3-5-13(10(9)2)11-6-7-12(14)8-11/h3-5,11H,6-8H2,1-2H3. The van der Waals surface area contributed by atoms with Crippen LogP contribution in [-0.2, 0) is 4.79 Å². The third-order valence-corrected chi connectivity index (χ3v) is 3.33. The van der Waals surface area contributed by atoms with Crippen molar-refractivity contribution in [2.24, 2.45) is 0 Å². The van der Waals surface area contributed by atoms with E-state index in [-0.39, 0.29) is 0 Å². The molecule has 0 bridgehead atoms. The molecule has 1 aromatic carbocycles. The molecule has 0 N–H and O–H groups in total. The van der Waals surface area contributed by atoms with E-state index in [1.54, 1.807) is 0 Å². The van der Waals surface area contributed by atoms with Gasteiger partial charge in [0, 0.05) is 12.8 Å². The van der Waals surface area contributed by atoms with Crippen molar-refractivity contribution in [2.45, 2.75) is 39.0 Å². The van der Waals surface area contributed by atoms with Gasteiger partial charge in [-0.15, -0.1) is 0 Å². The number of rotatable bonds is 1. The van der Waals surface area contributed by atoms with E-state index in [0.717, 1.165) is 19.3 Å². The molecule has 0 aromatic heterocycles. The summed E-state index contributed by atoms with van der Waals surface area (Å²) in [4.78, 5) is 11.2. The zero-order chi connectivity index (χ0) is 10.1. The lowest BCUT2D eigenvalue weighted by Gasteiger charge is -2.13. The third-order valence-electron chi connectivity index (χ3n) is 3.33. The molecule has 0 amide bonds. The first kappa shape index (κ1) is 9.45. The first-order valence-corrected chi connectivity index (χ1v) is 5.26. The zero-order valence-corrected chi connectivity index (χ0v) is 8.84. The summed E-state index contributed by atoms with van der Waals surface area (Å²) in [5.74, 6) is 0.915. The smallest absolute Gasteiger partial charge is 0.133 e. The molecule has 0 radical (unpaired) electrons. The molecule has 1 aromatic rings. The van der Waals surface area contributed by atoms with E-state index in [0.29, 0.717) is 11.7 Å². The highest BCUT2D eigenvalue weighted by Crippen LogP contribution is 2.34. The highest BCUT2D eigenvalue weighted by atomic mass is 16.1. The van der Waals surface area contributed by atoms with Crippen LogP contribution in [0.5, 0.6) is 0 Å². The molecule has 1 atom stereocenters. The number of hydrogen-bond acceptors (Lipinski definition) is 1. The summed E-state index contributed by atoms with van der Waals surface area (Å²) < 4.78 is 0. The van der Waals surface area contributed by atoms with Gasteiger partial charge in [-0.2, -0.15) is 0 Å². The van der Waals surface area contributed by atoms with Gasteiger partial charge >= 0.3 is 0 Å². The van der Waals surface area contributed by atoms with Crippen LogP contribution in [0.25, 0.3) is 0 Å². The quantitative estimate of drug-likeness (QED) is 0.661. The lowest BCUT2D eigenvalue weighted by molar-refractivity contribution is -0.117. The van der Waals surface area contributed by atoms with Crippen LogP contribution in [0, 0.1) is 13.8 Å². The molecule has 1 unspecified atom stereocenters. The summed E-state index contributed by atoms with van der Waals surface area (Å²) >= 11 is 0. The van der Waals surface area contributed by atoms with Gasteiger partial charge in [-0.25, -0.2) is 0 Å². The van der Waals surface area contributed by atoms with Gasteiger partial charge in [0.25, 0.3) is 0 Å². The van der Waals surface area contributed by atoms with Crippen LogP contribution in [0.1, 0.15) is 41.9 Å². The molecule has 0 saturated heterocycles. The third kappa shape index (κ3) is 1.59. The minimum Gasteiger partial charge on any atom is -0.300 e. The topological polar surface area (TPSA) is 17.1 Å². The highest BCUT2D eigenvalue weighted by Gasteiger charge is 2.24. The van der Waals surface area contributed by atoms with Crippen LogP contribution in [-0.4, -0.2) is 5.78 Å². The second-order valence-electron chi connectivity index (χ2n) is 4.27. The van der Waals surface area contributed by atoms with Crippen LogP contribution in [0.2, 0.25) is 0 Å². The van der Waals surface area contributed by atoms with Crippen LogP contribution in [0.15, 0.2) is 18.2 Å². The Kier molecular flexibility index (Phi) is 2.40. The molecule has 0 aliphatic heterocycles. The Hall–Kier alpha value is -1.11. The Bertz CT molecular complexity index is 365. The minimum atomic E-state index is 0.427. The Morgan fingerprint density at radius 1 is 1.29 bits per heavy atom. The van der Waals surface area contributed by atoms with Gasteiger partial charge in [-0.1, -0.05) is 18.2 Å². The van der Waals surface area contributed by atoms with Crippen molar-refractivity contribution in [1.82, 2.24) is 0 Å². The highest BCUT2D eigenvalue weighted by molar-refractivity contribution is 5.81. The van der Waals surface area contributed by atoms with Crippen LogP contribution in [0.3, 0.4) is 0 Å². The number of hydrogen-bond donors (Lipinski definition) is 0. The van der Waals surface area contributed by atoms with E-state index in [9.17, 15) is 4.79 Å². The Morgan fingerprint density at radius 3 is 2.71 bits per heavy atom. The Balaban J connectivity index is 2.32. The maximum Gasteiger partial charge on any atom is 0.133 e. The number of carbonyl (C=O) groups is 1. The number of ketones is 1. The number of Topliss-reactive ketones (excluding diaryl/α,β-unsaturated/α-hetero) is 1. The summed E-state index contributed by atoms with van der Waals surface area (Å²) in [5, 5.41) is 0. The van der Waals surface area contributed by atoms with E-state index in [2.05, 4.69) is 32.0 Å². The van der Waals surface area contributed by atoms with E-state index in [1.807, 2.05) is 0 Å². The van der Waals surface area contributed by atoms with Crippen LogP contribution < -0.4 is 0 Å². The molecule has 0 heterocycles. The number of aryl methyl sites for hydroxylation is 1. The van der Waals surface area contributed by atoms with Gasteiger partial charge in [-0.3, -0.25) is 4.79 Å². The van der Waals surface area contributed by atoms with E-state index < -0.39 is 0 Å². The predicted molar refractivity (Wildman–Crippen MR) is 57.5 cm³/mol. The molecule has 2 rings (SSSR count). The van der Waals surface area contributed by atoms with Gasteiger partial charge in [-0.05, 0) is 42.9 Å². The first-order valence-electron chi connectivity index (χ1n) is 5.26. The monoisotopic (exact) mass is 188 g/mol. The summed E-state index contributed by atoms with van der Waals surface area (Å²) in [6.45, 7) is 4.29. The van der Waals surface area contributed by atoms with Crippen LogP contribution >= 0.6 is 0 Å². The first-order chi connectivity index (χ1) is 6.68. The largest absolute Gasteiger partial charge is 0.300 e. The lowest BCUT2D eigenvalue weighted by atomic mass is 9.91. The molecule has 74 valence electrons. The summed E-state index contributed by atoms with van der Waals surface area (Å²) in [7, 11) is 0. The fourth-order valence-corrected chi connectivity index (χ4v) is 2.30. The normalized spacial score (nSPS) is 21.6. The SMILES string of the molecule is Cc1cccc(C2CCC(=O)C2)c1C. The van der Waals surface area contributed by atoms with Gasteiger partial charge in [0.2, 0.25) is 0 Å². The molecule has 1 heteroatoms. The molecular weight excluding hydrogens is 172 g/mol. The molecule has 0 spiro atoms. The maximum atomic E-state index is 11.2. The Labute approximate surface area is 85.1 Å². The van der Waals surface area contributed by atoms with Crippen molar-refractivity contribution in [3.8, 4) is 0 Å². The second kappa shape index (κ2) is 3.56. The summed E-state index contributed by atoms with van der Waals surface area (Å²) in [6, 6.07) is 6.40.